The second-order valence-electron chi connectivity index (χ2n) is 6.48. The Morgan fingerprint density at radius 2 is 1.81 bits per heavy atom. The van der Waals surface area contributed by atoms with Gasteiger partial charge in [-0.25, -0.2) is 8.42 Å². The standard InChI is InChI=1S/C16H24ClN3O4S.ClH/c1-10-8-20(9-11(2)18-10)25(22,23)14-7-12(17)6-13(15(14)24-5)16(21)19(3)4;/h6-7,10-11,18H,8-9H2,1-5H3;1H. The lowest BCUT2D eigenvalue weighted by molar-refractivity contribution is 0.0823. The number of nitrogens with zero attached hydrogens (tertiary/aromatic N) is 2. The van der Waals surface area contributed by atoms with Crippen molar-refractivity contribution in [1.82, 2.24) is 14.5 Å². The third-order valence-corrected chi connectivity index (χ3v) is 6.06. The van der Waals surface area contributed by atoms with Gasteiger partial charge in [-0.15, -0.1) is 12.4 Å². The molecule has 148 valence electrons. The van der Waals surface area contributed by atoms with Crippen LogP contribution in [0.2, 0.25) is 5.02 Å². The molecule has 0 aromatic heterocycles. The number of piperazine rings is 1. The maximum absolute atomic E-state index is 13.2. The number of benzene rings is 1. The number of hydrogen-bond acceptors (Lipinski definition) is 5. The van der Waals surface area contributed by atoms with Crippen molar-refractivity contribution in [1.29, 1.82) is 0 Å². The first-order chi connectivity index (χ1) is 11.6. The van der Waals surface area contributed by atoms with Crippen LogP contribution in [0, 0.1) is 0 Å². The van der Waals surface area contributed by atoms with Gasteiger partial charge in [0.05, 0.1) is 12.7 Å². The monoisotopic (exact) mass is 425 g/mol. The van der Waals surface area contributed by atoms with E-state index in [0.29, 0.717) is 13.1 Å². The van der Waals surface area contributed by atoms with Crippen molar-refractivity contribution in [3.05, 3.63) is 22.7 Å². The van der Waals surface area contributed by atoms with Gasteiger partial charge in [-0.2, -0.15) is 4.31 Å². The zero-order valence-electron chi connectivity index (χ0n) is 15.4. The maximum Gasteiger partial charge on any atom is 0.257 e. The number of carbonyl (C=O) groups excluding carboxylic acids is 1. The minimum atomic E-state index is -3.86. The molecule has 0 radical (unpaired) electrons. The quantitative estimate of drug-likeness (QED) is 0.795. The second-order valence-corrected chi connectivity index (χ2v) is 8.82. The Morgan fingerprint density at radius 3 is 2.27 bits per heavy atom. The number of ether oxygens (including phenoxy) is 1. The van der Waals surface area contributed by atoms with Gasteiger partial charge in [-0.1, -0.05) is 11.6 Å². The summed E-state index contributed by atoms with van der Waals surface area (Å²) in [5, 5.41) is 3.46. The van der Waals surface area contributed by atoms with Crippen LogP contribution in [0.5, 0.6) is 5.75 Å². The Bertz CT molecular complexity index is 761. The number of nitrogens with one attached hydrogen (secondary N) is 1. The van der Waals surface area contributed by atoms with Crippen LogP contribution in [0.4, 0.5) is 0 Å². The molecule has 2 rings (SSSR count). The first kappa shape index (κ1) is 23.0. The van der Waals surface area contributed by atoms with Crippen molar-refractivity contribution in [2.75, 3.05) is 34.3 Å². The molecule has 10 heteroatoms. The molecule has 1 aromatic rings. The predicted octanol–water partition coefficient (Wildman–Crippen LogP) is 1.84. The number of halogens is 2. The molecule has 0 aliphatic carbocycles. The molecule has 0 bridgehead atoms. The fourth-order valence-corrected chi connectivity index (χ4v) is 5.09. The second kappa shape index (κ2) is 8.75. The van der Waals surface area contributed by atoms with E-state index in [0.717, 1.165) is 0 Å². The van der Waals surface area contributed by atoms with E-state index in [1.54, 1.807) is 14.1 Å². The molecule has 1 amide bonds. The first-order valence-electron chi connectivity index (χ1n) is 7.93. The summed E-state index contributed by atoms with van der Waals surface area (Å²) in [6, 6.07) is 2.79. The smallest absolute Gasteiger partial charge is 0.257 e. The highest BCUT2D eigenvalue weighted by molar-refractivity contribution is 7.89. The van der Waals surface area contributed by atoms with Crippen LogP contribution in [-0.2, 0) is 10.0 Å². The summed E-state index contributed by atoms with van der Waals surface area (Å²) in [6.07, 6.45) is 0. The molecule has 1 saturated heterocycles. The summed E-state index contributed by atoms with van der Waals surface area (Å²) >= 11 is 6.11. The van der Waals surface area contributed by atoms with Gasteiger partial charge in [-0.05, 0) is 26.0 Å². The van der Waals surface area contributed by atoms with E-state index in [4.69, 9.17) is 16.3 Å². The van der Waals surface area contributed by atoms with Crippen LogP contribution in [-0.4, -0.2) is 69.9 Å². The first-order valence-corrected chi connectivity index (χ1v) is 9.75. The Hall–Kier alpha value is -1.06. The third kappa shape index (κ3) is 4.61. The molecule has 7 nitrogen and oxygen atoms in total. The number of rotatable bonds is 4. The van der Waals surface area contributed by atoms with Gasteiger partial charge in [0.15, 0.2) is 5.75 Å². The number of amides is 1. The number of methoxy groups -OCH3 is 1. The number of sulfonamides is 1. The Labute approximate surface area is 166 Å². The molecule has 0 spiro atoms. The zero-order chi connectivity index (χ0) is 18.9. The maximum atomic E-state index is 13.2. The minimum absolute atomic E-state index is 0. The molecule has 1 aromatic carbocycles. The lowest BCUT2D eigenvalue weighted by Gasteiger charge is -2.35. The minimum Gasteiger partial charge on any atom is -0.494 e. The summed E-state index contributed by atoms with van der Waals surface area (Å²) in [5.74, 6) is -0.361. The van der Waals surface area contributed by atoms with Gasteiger partial charge in [0.1, 0.15) is 4.90 Å². The normalized spacial score (nSPS) is 21.0. The van der Waals surface area contributed by atoms with Crippen molar-refractivity contribution in [2.45, 2.75) is 30.8 Å². The summed E-state index contributed by atoms with van der Waals surface area (Å²) < 4.78 is 33.1. The molecule has 2 atom stereocenters. The molecule has 26 heavy (non-hydrogen) atoms. The Balaban J connectivity index is 0.00000338. The number of carbonyl (C=O) groups is 1. The summed E-state index contributed by atoms with van der Waals surface area (Å²) in [6.45, 7) is 4.52. The molecule has 0 saturated carbocycles. The highest BCUT2D eigenvalue weighted by Gasteiger charge is 2.35. The topological polar surface area (TPSA) is 79.0 Å². The third-order valence-electron chi connectivity index (χ3n) is 4.00. The van der Waals surface area contributed by atoms with E-state index >= 15 is 0 Å². The van der Waals surface area contributed by atoms with Crippen LogP contribution in [0.15, 0.2) is 17.0 Å². The predicted molar refractivity (Wildman–Crippen MR) is 104 cm³/mol. The summed E-state index contributed by atoms with van der Waals surface area (Å²) in [7, 11) is 0.643. The SMILES string of the molecule is COc1c(C(=O)N(C)C)cc(Cl)cc1S(=O)(=O)N1CC(C)NC(C)C1.Cl. The van der Waals surface area contributed by atoms with E-state index in [2.05, 4.69) is 5.32 Å². The Kier molecular flexibility index (Phi) is 7.74. The highest BCUT2D eigenvalue weighted by atomic mass is 35.5. The van der Waals surface area contributed by atoms with Crippen molar-refractivity contribution in [3.63, 3.8) is 0 Å². The average molecular weight is 426 g/mol. The van der Waals surface area contributed by atoms with Gasteiger partial charge in [0.2, 0.25) is 10.0 Å². The molecule has 1 aliphatic rings. The van der Waals surface area contributed by atoms with Crippen LogP contribution >= 0.6 is 24.0 Å². The largest absolute Gasteiger partial charge is 0.494 e. The van der Waals surface area contributed by atoms with Gasteiger partial charge in [0.25, 0.3) is 5.91 Å². The van der Waals surface area contributed by atoms with Gasteiger partial charge < -0.3 is 15.0 Å². The average Bonchev–Trinajstić information content (AvgIpc) is 2.52. The lowest BCUT2D eigenvalue weighted by Crippen LogP contribution is -2.55. The van der Waals surface area contributed by atoms with Crippen molar-refractivity contribution >= 4 is 39.9 Å². The molecule has 1 heterocycles. The van der Waals surface area contributed by atoms with Crippen LogP contribution in [0.3, 0.4) is 0 Å². The summed E-state index contributed by atoms with van der Waals surface area (Å²) in [4.78, 5) is 13.7. The summed E-state index contributed by atoms with van der Waals surface area (Å²) in [5.41, 5.74) is 0.120. The Morgan fingerprint density at radius 1 is 1.27 bits per heavy atom. The van der Waals surface area contributed by atoms with E-state index < -0.39 is 10.0 Å². The van der Waals surface area contributed by atoms with Crippen molar-refractivity contribution < 1.29 is 17.9 Å². The molecule has 1 fully saturated rings. The van der Waals surface area contributed by atoms with E-state index in [1.807, 2.05) is 13.8 Å². The molecule has 1 aliphatic heterocycles. The molecular weight excluding hydrogens is 401 g/mol. The van der Waals surface area contributed by atoms with Crippen molar-refractivity contribution in [3.8, 4) is 5.75 Å². The van der Waals surface area contributed by atoms with E-state index in [1.165, 1.54) is 28.4 Å². The fraction of sp³-hybridized carbons (Fsp3) is 0.562. The number of hydrogen-bond donors (Lipinski definition) is 1. The van der Waals surface area contributed by atoms with Gasteiger partial charge >= 0.3 is 0 Å². The van der Waals surface area contributed by atoms with E-state index in [9.17, 15) is 13.2 Å². The van der Waals surface area contributed by atoms with Crippen molar-refractivity contribution in [2.24, 2.45) is 0 Å². The van der Waals surface area contributed by atoms with Crippen LogP contribution in [0.25, 0.3) is 0 Å². The van der Waals surface area contributed by atoms with Gasteiger partial charge in [-0.3, -0.25) is 4.79 Å². The van der Waals surface area contributed by atoms with E-state index in [-0.39, 0.29) is 51.6 Å². The fourth-order valence-electron chi connectivity index (χ4n) is 2.98. The highest BCUT2D eigenvalue weighted by Crippen LogP contribution is 2.34. The molecular formula is C16H25Cl2N3O4S. The molecule has 2 unspecified atom stereocenters. The molecule has 1 N–H and O–H groups in total. The lowest BCUT2D eigenvalue weighted by atomic mass is 10.2. The van der Waals surface area contributed by atoms with Crippen LogP contribution in [0.1, 0.15) is 24.2 Å². The van der Waals surface area contributed by atoms with Crippen LogP contribution < -0.4 is 10.1 Å². The van der Waals surface area contributed by atoms with Gasteiger partial charge in [0, 0.05) is 44.3 Å². The zero-order valence-corrected chi connectivity index (χ0v) is 17.8.